The molecule has 0 aromatic carbocycles. The highest BCUT2D eigenvalue weighted by Crippen LogP contribution is 2.35. The van der Waals surface area contributed by atoms with Gasteiger partial charge >= 0.3 is 6.18 Å². The van der Waals surface area contributed by atoms with E-state index in [1.54, 1.807) is 0 Å². The molecule has 0 amide bonds. The predicted molar refractivity (Wildman–Crippen MR) is 61.1 cm³/mol. The molecule has 1 aliphatic heterocycles. The van der Waals surface area contributed by atoms with E-state index in [-0.39, 0.29) is 18.9 Å². The third-order valence-corrected chi connectivity index (χ3v) is 3.38. The fraction of sp³-hybridized carbons (Fsp3) is 0.600. The van der Waals surface area contributed by atoms with Crippen LogP contribution in [0.4, 0.5) is 27.8 Å². The lowest BCUT2D eigenvalue weighted by Crippen LogP contribution is -2.40. The molecule has 19 heavy (non-hydrogen) atoms. The van der Waals surface area contributed by atoms with Gasteiger partial charge in [-0.3, -0.25) is 0 Å². The second-order valence-electron chi connectivity index (χ2n) is 4.21. The van der Waals surface area contributed by atoms with Crippen LogP contribution in [0.1, 0.15) is 18.5 Å². The molecule has 0 bridgehead atoms. The zero-order chi connectivity index (χ0) is 14.3. The summed E-state index contributed by atoms with van der Waals surface area (Å²) >= 11 is 2.68. The summed E-state index contributed by atoms with van der Waals surface area (Å²) < 4.78 is 63.5. The van der Waals surface area contributed by atoms with Gasteiger partial charge in [-0.05, 0) is 15.9 Å². The lowest BCUT2D eigenvalue weighted by Gasteiger charge is -2.32. The maximum atomic E-state index is 13.0. The molecule has 0 aliphatic carbocycles. The Kier molecular flexibility index (Phi) is 3.67. The second-order valence-corrected chi connectivity index (χ2v) is 4.96. The van der Waals surface area contributed by atoms with Crippen LogP contribution < -0.4 is 4.90 Å². The quantitative estimate of drug-likeness (QED) is 0.729. The summed E-state index contributed by atoms with van der Waals surface area (Å²) in [6, 6.07) is 0. The molecule has 0 atom stereocenters. The molecule has 1 aromatic heterocycles. The van der Waals surface area contributed by atoms with Crippen LogP contribution in [0, 0.1) is 0 Å². The van der Waals surface area contributed by atoms with Gasteiger partial charge in [-0.2, -0.15) is 13.2 Å². The Labute approximate surface area is 114 Å². The van der Waals surface area contributed by atoms with Crippen LogP contribution >= 0.6 is 15.9 Å². The van der Waals surface area contributed by atoms with Crippen molar-refractivity contribution in [2.75, 3.05) is 18.0 Å². The van der Waals surface area contributed by atoms with Crippen LogP contribution in [0.2, 0.25) is 0 Å². The minimum Gasteiger partial charge on any atom is -0.355 e. The number of anilines is 1. The summed E-state index contributed by atoms with van der Waals surface area (Å²) in [5, 5.41) is 0. The average Bonchev–Trinajstić information content (AvgIpc) is 2.28. The molecule has 0 unspecified atom stereocenters. The predicted octanol–water partition coefficient (Wildman–Crippen LogP) is 3.49. The van der Waals surface area contributed by atoms with E-state index >= 15 is 0 Å². The first-order chi connectivity index (χ1) is 8.69. The largest absolute Gasteiger partial charge is 0.436 e. The van der Waals surface area contributed by atoms with E-state index in [0.717, 1.165) is 6.20 Å². The maximum absolute atomic E-state index is 13.0. The molecule has 0 saturated carbocycles. The number of nitrogens with zero attached hydrogens (tertiary/aromatic N) is 3. The molecule has 1 saturated heterocycles. The van der Waals surface area contributed by atoms with Crippen LogP contribution in [-0.4, -0.2) is 29.0 Å². The van der Waals surface area contributed by atoms with Gasteiger partial charge in [0.25, 0.3) is 5.92 Å². The topological polar surface area (TPSA) is 29.0 Å². The number of aromatic nitrogens is 2. The van der Waals surface area contributed by atoms with E-state index in [1.165, 1.54) is 4.90 Å². The summed E-state index contributed by atoms with van der Waals surface area (Å²) in [5.41, 5.74) is -1.15. The zero-order valence-corrected chi connectivity index (χ0v) is 11.1. The Hall–Kier alpha value is -0.990. The number of rotatable bonds is 1. The lowest BCUT2D eigenvalue weighted by atomic mass is 10.1. The molecule has 1 fully saturated rings. The summed E-state index contributed by atoms with van der Waals surface area (Å²) in [6.07, 6.45) is -4.29. The standard InChI is InChI=1S/C10H9BrF5N3/c11-8-7(10(14,15)16)18-6(5-17-8)19-3-1-9(12,13)2-4-19/h5H,1-4H2. The first-order valence-corrected chi connectivity index (χ1v) is 6.21. The van der Waals surface area contributed by atoms with Crippen LogP contribution in [0.3, 0.4) is 0 Å². The third-order valence-electron chi connectivity index (χ3n) is 2.80. The van der Waals surface area contributed by atoms with Crippen molar-refractivity contribution in [1.82, 2.24) is 9.97 Å². The first-order valence-electron chi connectivity index (χ1n) is 5.41. The van der Waals surface area contributed by atoms with E-state index in [1.807, 2.05) is 0 Å². The Morgan fingerprint density at radius 2 is 1.79 bits per heavy atom. The molecule has 0 spiro atoms. The Bertz CT molecular complexity index is 467. The van der Waals surface area contributed by atoms with Crippen LogP contribution in [0.15, 0.2) is 10.8 Å². The number of hydrogen-bond acceptors (Lipinski definition) is 3. The van der Waals surface area contributed by atoms with Crippen LogP contribution in [-0.2, 0) is 6.18 Å². The molecule has 106 valence electrons. The van der Waals surface area contributed by atoms with E-state index in [2.05, 4.69) is 25.9 Å². The minimum absolute atomic E-state index is 0.0361. The minimum atomic E-state index is -4.64. The SMILES string of the molecule is FC1(F)CCN(c2cnc(Br)c(C(F)(F)F)n2)CC1. The molecular formula is C10H9BrF5N3. The van der Waals surface area contributed by atoms with Crippen molar-refractivity contribution >= 4 is 21.7 Å². The van der Waals surface area contributed by atoms with Gasteiger partial charge < -0.3 is 4.90 Å². The molecule has 9 heteroatoms. The van der Waals surface area contributed by atoms with Crippen molar-refractivity contribution in [1.29, 1.82) is 0 Å². The van der Waals surface area contributed by atoms with Gasteiger partial charge in [0.05, 0.1) is 6.20 Å². The molecule has 2 rings (SSSR count). The van der Waals surface area contributed by atoms with Crippen molar-refractivity contribution in [2.45, 2.75) is 24.9 Å². The highest BCUT2D eigenvalue weighted by atomic mass is 79.9. The molecular weight excluding hydrogens is 337 g/mol. The zero-order valence-electron chi connectivity index (χ0n) is 9.52. The molecule has 2 heterocycles. The average molecular weight is 346 g/mol. The van der Waals surface area contributed by atoms with Crippen molar-refractivity contribution in [3.63, 3.8) is 0 Å². The van der Waals surface area contributed by atoms with E-state index < -0.39 is 35.2 Å². The highest BCUT2D eigenvalue weighted by molar-refractivity contribution is 9.10. The van der Waals surface area contributed by atoms with Gasteiger partial charge in [0.1, 0.15) is 10.4 Å². The van der Waals surface area contributed by atoms with E-state index in [4.69, 9.17) is 0 Å². The number of piperidine rings is 1. The lowest BCUT2D eigenvalue weighted by molar-refractivity contribution is -0.142. The smallest absolute Gasteiger partial charge is 0.355 e. The molecule has 0 radical (unpaired) electrons. The Balaban J connectivity index is 2.23. The molecule has 1 aliphatic rings. The van der Waals surface area contributed by atoms with Gasteiger partial charge in [-0.15, -0.1) is 0 Å². The van der Waals surface area contributed by atoms with E-state index in [9.17, 15) is 22.0 Å². The highest BCUT2D eigenvalue weighted by Gasteiger charge is 2.38. The first kappa shape index (κ1) is 14.4. The molecule has 0 N–H and O–H groups in total. The molecule has 3 nitrogen and oxygen atoms in total. The van der Waals surface area contributed by atoms with Crippen molar-refractivity contribution in [3.05, 3.63) is 16.5 Å². The monoisotopic (exact) mass is 345 g/mol. The van der Waals surface area contributed by atoms with Gasteiger partial charge in [-0.25, -0.2) is 18.7 Å². The number of hydrogen-bond donors (Lipinski definition) is 0. The fourth-order valence-corrected chi connectivity index (χ4v) is 2.18. The Morgan fingerprint density at radius 1 is 1.21 bits per heavy atom. The van der Waals surface area contributed by atoms with E-state index in [0.29, 0.717) is 0 Å². The summed E-state index contributed by atoms with van der Waals surface area (Å²) in [5.74, 6) is -2.79. The van der Waals surface area contributed by atoms with Gasteiger partial charge in [0.2, 0.25) is 0 Å². The normalized spacial score (nSPS) is 19.6. The number of halogens is 6. The second kappa shape index (κ2) is 4.84. The van der Waals surface area contributed by atoms with Gasteiger partial charge in [0.15, 0.2) is 5.69 Å². The van der Waals surface area contributed by atoms with Crippen molar-refractivity contribution < 1.29 is 22.0 Å². The third kappa shape index (κ3) is 3.31. The van der Waals surface area contributed by atoms with Crippen LogP contribution in [0.5, 0.6) is 0 Å². The Morgan fingerprint density at radius 3 is 2.32 bits per heavy atom. The fourth-order valence-electron chi connectivity index (χ4n) is 1.76. The number of alkyl halides is 5. The maximum Gasteiger partial charge on any atom is 0.436 e. The summed E-state index contributed by atoms with van der Waals surface area (Å²) in [6.45, 7) is -0.0821. The van der Waals surface area contributed by atoms with Crippen molar-refractivity contribution in [3.8, 4) is 0 Å². The van der Waals surface area contributed by atoms with Crippen molar-refractivity contribution in [2.24, 2.45) is 0 Å². The summed E-state index contributed by atoms with van der Waals surface area (Å²) in [4.78, 5) is 8.40. The van der Waals surface area contributed by atoms with Gasteiger partial charge in [0, 0.05) is 25.9 Å². The summed E-state index contributed by atoms with van der Waals surface area (Å²) in [7, 11) is 0. The molecule has 1 aromatic rings. The van der Waals surface area contributed by atoms with Gasteiger partial charge in [-0.1, -0.05) is 0 Å². The van der Waals surface area contributed by atoms with Crippen LogP contribution in [0.25, 0.3) is 0 Å².